The van der Waals surface area contributed by atoms with Gasteiger partial charge in [0.05, 0.1) is 11.4 Å². The number of anilines is 1. The number of pyridine rings is 1. The van der Waals surface area contributed by atoms with Crippen molar-refractivity contribution in [2.45, 2.75) is 71.4 Å². The second-order valence-electron chi connectivity index (χ2n) is 10.9. The average Bonchev–Trinajstić information content (AvgIpc) is 3.21. The number of aromatic nitrogens is 2. The first-order chi connectivity index (χ1) is 16.4. The highest BCUT2D eigenvalue weighted by molar-refractivity contribution is 6.76. The van der Waals surface area contributed by atoms with Gasteiger partial charge in [0.25, 0.3) is 0 Å². The average molecular weight is 478 g/mol. The van der Waals surface area contributed by atoms with E-state index < -0.39 is 8.07 Å². The van der Waals surface area contributed by atoms with Gasteiger partial charge in [-0.1, -0.05) is 63.3 Å². The topological polar surface area (TPSA) is 56.2 Å². The Labute approximate surface area is 204 Å². The van der Waals surface area contributed by atoms with Gasteiger partial charge in [0, 0.05) is 32.2 Å². The number of fused-ring (bicyclic) bond motifs is 1. The SMILES string of the molecule is CCC1CCC(C(=O)Nc2ccnc3c2cc(-c2ccccc2)n3COCC[Si](C)(C)C)CC1. The molecule has 4 rings (SSSR count). The zero-order chi connectivity index (χ0) is 24.1. The summed E-state index contributed by atoms with van der Waals surface area (Å²) in [6, 6.07) is 15.5. The van der Waals surface area contributed by atoms with E-state index in [9.17, 15) is 4.79 Å². The summed E-state index contributed by atoms with van der Waals surface area (Å²) in [7, 11) is -1.16. The third-order valence-corrected chi connectivity index (χ3v) is 8.84. The lowest BCUT2D eigenvalue weighted by atomic mass is 9.80. The number of hydrogen-bond acceptors (Lipinski definition) is 3. The molecule has 0 aliphatic heterocycles. The molecule has 1 saturated carbocycles. The number of amides is 1. The molecule has 1 amide bonds. The molecule has 0 radical (unpaired) electrons. The molecule has 3 aromatic rings. The summed E-state index contributed by atoms with van der Waals surface area (Å²) in [5.41, 5.74) is 3.86. The summed E-state index contributed by atoms with van der Waals surface area (Å²) in [4.78, 5) is 17.8. The smallest absolute Gasteiger partial charge is 0.227 e. The van der Waals surface area contributed by atoms with Gasteiger partial charge in [-0.15, -0.1) is 0 Å². The van der Waals surface area contributed by atoms with Crippen LogP contribution in [0.5, 0.6) is 0 Å². The van der Waals surface area contributed by atoms with Crippen LogP contribution in [0.15, 0.2) is 48.7 Å². The van der Waals surface area contributed by atoms with Crippen LogP contribution in [-0.4, -0.2) is 30.1 Å². The van der Waals surface area contributed by atoms with Crippen molar-refractivity contribution >= 4 is 30.7 Å². The number of benzene rings is 1. The third-order valence-electron chi connectivity index (χ3n) is 7.14. The molecule has 6 heteroatoms. The molecule has 1 fully saturated rings. The highest BCUT2D eigenvalue weighted by Gasteiger charge is 2.26. The fourth-order valence-electron chi connectivity index (χ4n) is 4.84. The Morgan fingerprint density at radius 3 is 2.53 bits per heavy atom. The number of rotatable bonds is 9. The maximum absolute atomic E-state index is 13.1. The van der Waals surface area contributed by atoms with E-state index in [0.717, 1.165) is 72.2 Å². The van der Waals surface area contributed by atoms with Crippen LogP contribution in [0.1, 0.15) is 39.0 Å². The van der Waals surface area contributed by atoms with Gasteiger partial charge in [-0.05, 0) is 55.3 Å². The Kier molecular flexibility index (Phi) is 7.89. The molecule has 0 saturated heterocycles. The van der Waals surface area contributed by atoms with Crippen molar-refractivity contribution < 1.29 is 9.53 Å². The number of hydrogen-bond donors (Lipinski definition) is 1. The molecule has 0 spiro atoms. The molecular weight excluding hydrogens is 438 g/mol. The monoisotopic (exact) mass is 477 g/mol. The number of nitrogens with zero attached hydrogens (tertiary/aromatic N) is 2. The fourth-order valence-corrected chi connectivity index (χ4v) is 5.59. The van der Waals surface area contributed by atoms with Gasteiger partial charge in [0.15, 0.2) is 0 Å². The number of ether oxygens (including phenoxy) is 1. The van der Waals surface area contributed by atoms with Crippen LogP contribution in [0.2, 0.25) is 25.7 Å². The Morgan fingerprint density at radius 2 is 1.85 bits per heavy atom. The summed E-state index contributed by atoms with van der Waals surface area (Å²) < 4.78 is 8.27. The van der Waals surface area contributed by atoms with Crippen LogP contribution in [0.25, 0.3) is 22.3 Å². The maximum Gasteiger partial charge on any atom is 0.227 e. The second-order valence-corrected chi connectivity index (χ2v) is 16.5. The zero-order valence-corrected chi connectivity index (χ0v) is 22.1. The lowest BCUT2D eigenvalue weighted by molar-refractivity contribution is -0.121. The van der Waals surface area contributed by atoms with Gasteiger partial charge in [-0.2, -0.15) is 0 Å². The Hall–Kier alpha value is -2.44. The first-order valence-electron chi connectivity index (χ1n) is 12.8. The maximum atomic E-state index is 13.1. The molecule has 1 aliphatic rings. The lowest BCUT2D eigenvalue weighted by Crippen LogP contribution is -2.27. The fraction of sp³-hybridized carbons (Fsp3) is 0.500. The predicted octanol–water partition coefficient (Wildman–Crippen LogP) is 7.17. The molecular formula is C28H39N3O2Si. The molecule has 1 aromatic carbocycles. The van der Waals surface area contributed by atoms with Gasteiger partial charge in [-0.3, -0.25) is 4.79 Å². The van der Waals surface area contributed by atoms with Crippen molar-refractivity contribution in [3.8, 4) is 11.3 Å². The normalized spacial score (nSPS) is 18.8. The van der Waals surface area contributed by atoms with Crippen molar-refractivity contribution in [2.75, 3.05) is 11.9 Å². The van der Waals surface area contributed by atoms with E-state index in [-0.39, 0.29) is 11.8 Å². The number of nitrogens with one attached hydrogen (secondary N) is 1. The Bertz CT molecular complexity index is 1100. The molecule has 182 valence electrons. The summed E-state index contributed by atoms with van der Waals surface area (Å²) in [6.45, 7) is 10.5. The summed E-state index contributed by atoms with van der Waals surface area (Å²) in [5, 5.41) is 4.20. The molecule has 2 heterocycles. The first kappa shape index (κ1) is 24.7. The van der Waals surface area contributed by atoms with Crippen LogP contribution in [0.3, 0.4) is 0 Å². The Morgan fingerprint density at radius 1 is 1.12 bits per heavy atom. The number of carbonyl (C=O) groups excluding carboxylic acids is 1. The van der Waals surface area contributed by atoms with Crippen LogP contribution in [-0.2, 0) is 16.3 Å². The zero-order valence-electron chi connectivity index (χ0n) is 21.1. The van der Waals surface area contributed by atoms with Crippen LogP contribution in [0.4, 0.5) is 5.69 Å². The molecule has 1 aliphatic carbocycles. The summed E-state index contributed by atoms with van der Waals surface area (Å²) in [6.07, 6.45) is 7.29. The van der Waals surface area contributed by atoms with Gasteiger partial charge in [0.2, 0.25) is 5.91 Å². The van der Waals surface area contributed by atoms with Crippen LogP contribution >= 0.6 is 0 Å². The minimum atomic E-state index is -1.16. The van der Waals surface area contributed by atoms with E-state index in [2.05, 4.69) is 54.6 Å². The second kappa shape index (κ2) is 10.9. The summed E-state index contributed by atoms with van der Waals surface area (Å²) in [5.74, 6) is 1.02. The molecule has 1 N–H and O–H groups in total. The minimum absolute atomic E-state index is 0.103. The van der Waals surface area contributed by atoms with Crippen molar-refractivity contribution in [1.82, 2.24) is 9.55 Å². The van der Waals surface area contributed by atoms with Crippen molar-refractivity contribution in [3.05, 3.63) is 48.7 Å². The lowest BCUT2D eigenvalue weighted by Gasteiger charge is -2.27. The van der Waals surface area contributed by atoms with E-state index >= 15 is 0 Å². The minimum Gasteiger partial charge on any atom is -0.361 e. The predicted molar refractivity (Wildman–Crippen MR) is 144 cm³/mol. The van der Waals surface area contributed by atoms with Crippen LogP contribution in [0, 0.1) is 11.8 Å². The van der Waals surface area contributed by atoms with E-state index in [1.807, 2.05) is 24.3 Å². The van der Waals surface area contributed by atoms with Gasteiger partial charge >= 0.3 is 0 Å². The molecule has 5 nitrogen and oxygen atoms in total. The molecule has 34 heavy (non-hydrogen) atoms. The molecule has 0 atom stereocenters. The quantitative estimate of drug-likeness (QED) is 0.262. The molecule has 2 aromatic heterocycles. The highest BCUT2D eigenvalue weighted by atomic mass is 28.3. The number of carbonyl (C=O) groups is 1. The van der Waals surface area contributed by atoms with Crippen molar-refractivity contribution in [3.63, 3.8) is 0 Å². The summed E-state index contributed by atoms with van der Waals surface area (Å²) >= 11 is 0. The standard InChI is InChI=1S/C28H39N3O2Si/c1-5-21-11-13-23(14-12-21)28(32)30-25-15-16-29-27-24(25)19-26(22-9-7-6-8-10-22)31(27)20-33-17-18-34(2,3)4/h6-10,15-16,19,21,23H,5,11-14,17-18,20H2,1-4H3,(H,29,30,32). The van der Waals surface area contributed by atoms with Gasteiger partial charge < -0.3 is 14.6 Å². The van der Waals surface area contributed by atoms with Crippen molar-refractivity contribution in [2.24, 2.45) is 11.8 Å². The van der Waals surface area contributed by atoms with Gasteiger partial charge in [-0.25, -0.2) is 4.98 Å². The van der Waals surface area contributed by atoms with E-state index in [4.69, 9.17) is 9.72 Å². The van der Waals surface area contributed by atoms with Crippen molar-refractivity contribution in [1.29, 1.82) is 0 Å². The largest absolute Gasteiger partial charge is 0.361 e. The van der Waals surface area contributed by atoms with E-state index in [0.29, 0.717) is 6.73 Å². The highest BCUT2D eigenvalue weighted by Crippen LogP contribution is 2.34. The van der Waals surface area contributed by atoms with Gasteiger partial charge in [0.1, 0.15) is 12.4 Å². The first-order valence-corrected chi connectivity index (χ1v) is 16.5. The molecule has 0 unspecified atom stereocenters. The van der Waals surface area contributed by atoms with E-state index in [1.165, 1.54) is 6.42 Å². The van der Waals surface area contributed by atoms with E-state index in [1.54, 1.807) is 6.20 Å². The third kappa shape index (κ3) is 5.97. The van der Waals surface area contributed by atoms with Crippen LogP contribution < -0.4 is 5.32 Å². The molecule has 0 bridgehead atoms. The Balaban J connectivity index is 1.59.